The van der Waals surface area contributed by atoms with Gasteiger partial charge in [-0.25, -0.2) is 14.6 Å². The monoisotopic (exact) mass is 204 g/mol. The lowest BCUT2D eigenvalue weighted by molar-refractivity contribution is 0.185. The molecule has 0 aromatic carbocycles. The third-order valence-corrected chi connectivity index (χ3v) is 2.67. The molecular formula is C10H12N4O. The number of hydrogen-bond donors (Lipinski definition) is 0. The molecule has 5 nitrogen and oxygen atoms in total. The molecule has 0 N–H and O–H groups in total. The lowest BCUT2D eigenvalue weighted by Crippen LogP contribution is -2.10. The molecule has 5 heteroatoms. The molecule has 1 saturated heterocycles. The molecule has 0 bridgehead atoms. The predicted molar refractivity (Wildman–Crippen MR) is 54.5 cm³/mol. The Labute approximate surface area is 87.1 Å². The van der Waals surface area contributed by atoms with Gasteiger partial charge in [-0.15, -0.1) is 0 Å². The van der Waals surface area contributed by atoms with Crippen molar-refractivity contribution in [1.29, 1.82) is 0 Å². The van der Waals surface area contributed by atoms with Crippen molar-refractivity contribution in [2.24, 2.45) is 0 Å². The first-order chi connectivity index (χ1) is 7.34. The molecule has 2 aromatic heterocycles. The van der Waals surface area contributed by atoms with Crippen molar-refractivity contribution in [2.45, 2.75) is 19.4 Å². The van der Waals surface area contributed by atoms with Crippen molar-refractivity contribution < 1.29 is 4.74 Å². The number of hydrogen-bond acceptors (Lipinski definition) is 4. The molecule has 3 rings (SSSR count). The second-order valence-electron chi connectivity index (χ2n) is 3.83. The minimum atomic E-state index is 0.318. The maximum atomic E-state index is 5.35. The van der Waals surface area contributed by atoms with E-state index in [1.165, 1.54) is 0 Å². The lowest BCUT2D eigenvalue weighted by Gasteiger charge is -2.08. The SMILES string of the molecule is Cc1cnc2cnn(C3CCOC3)c2n1. The quantitative estimate of drug-likeness (QED) is 0.698. The zero-order valence-corrected chi connectivity index (χ0v) is 8.55. The van der Waals surface area contributed by atoms with Gasteiger partial charge in [0.05, 0.1) is 24.5 Å². The van der Waals surface area contributed by atoms with Gasteiger partial charge in [-0.1, -0.05) is 0 Å². The molecule has 1 atom stereocenters. The Hall–Kier alpha value is -1.49. The van der Waals surface area contributed by atoms with Gasteiger partial charge in [0.15, 0.2) is 5.65 Å². The Morgan fingerprint density at radius 3 is 3.20 bits per heavy atom. The summed E-state index contributed by atoms with van der Waals surface area (Å²) in [7, 11) is 0. The van der Waals surface area contributed by atoms with Crippen LogP contribution in [0.3, 0.4) is 0 Å². The highest BCUT2D eigenvalue weighted by atomic mass is 16.5. The maximum absolute atomic E-state index is 5.35. The number of nitrogens with zero attached hydrogens (tertiary/aromatic N) is 4. The molecular weight excluding hydrogens is 192 g/mol. The van der Waals surface area contributed by atoms with E-state index in [-0.39, 0.29) is 0 Å². The van der Waals surface area contributed by atoms with Crippen LogP contribution < -0.4 is 0 Å². The Balaban J connectivity index is 2.13. The molecule has 15 heavy (non-hydrogen) atoms. The van der Waals surface area contributed by atoms with E-state index in [0.29, 0.717) is 6.04 Å². The van der Waals surface area contributed by atoms with Crippen LogP contribution in [0, 0.1) is 6.92 Å². The third kappa shape index (κ3) is 1.39. The van der Waals surface area contributed by atoms with Gasteiger partial charge in [-0.05, 0) is 13.3 Å². The van der Waals surface area contributed by atoms with Gasteiger partial charge in [0.1, 0.15) is 5.52 Å². The average Bonchev–Trinajstić information content (AvgIpc) is 2.83. The van der Waals surface area contributed by atoms with E-state index in [1.807, 2.05) is 11.6 Å². The van der Waals surface area contributed by atoms with Gasteiger partial charge in [0.25, 0.3) is 0 Å². The van der Waals surface area contributed by atoms with E-state index in [2.05, 4.69) is 15.1 Å². The fourth-order valence-corrected chi connectivity index (χ4v) is 1.89. The summed E-state index contributed by atoms with van der Waals surface area (Å²) in [6, 6.07) is 0.318. The minimum absolute atomic E-state index is 0.318. The van der Waals surface area contributed by atoms with E-state index in [9.17, 15) is 0 Å². The summed E-state index contributed by atoms with van der Waals surface area (Å²) in [4.78, 5) is 8.75. The van der Waals surface area contributed by atoms with E-state index < -0.39 is 0 Å². The zero-order valence-electron chi connectivity index (χ0n) is 8.55. The average molecular weight is 204 g/mol. The smallest absolute Gasteiger partial charge is 0.177 e. The van der Waals surface area contributed by atoms with Crippen LogP contribution in [0.25, 0.3) is 11.2 Å². The summed E-state index contributed by atoms with van der Waals surface area (Å²) in [5, 5.41) is 4.33. The van der Waals surface area contributed by atoms with Crippen molar-refractivity contribution in [3.05, 3.63) is 18.1 Å². The van der Waals surface area contributed by atoms with Crippen LogP contribution in [-0.4, -0.2) is 33.0 Å². The van der Waals surface area contributed by atoms with Crippen LogP contribution in [0.4, 0.5) is 0 Å². The Morgan fingerprint density at radius 2 is 2.40 bits per heavy atom. The van der Waals surface area contributed by atoms with E-state index in [4.69, 9.17) is 4.74 Å². The maximum Gasteiger partial charge on any atom is 0.177 e. The molecule has 2 aromatic rings. The van der Waals surface area contributed by atoms with Gasteiger partial charge in [0, 0.05) is 12.8 Å². The second-order valence-corrected chi connectivity index (χ2v) is 3.83. The van der Waals surface area contributed by atoms with Gasteiger partial charge in [0.2, 0.25) is 0 Å². The number of aromatic nitrogens is 4. The second kappa shape index (κ2) is 3.27. The molecule has 0 radical (unpaired) electrons. The first-order valence-corrected chi connectivity index (χ1v) is 5.09. The molecule has 1 aliphatic heterocycles. The van der Waals surface area contributed by atoms with Crippen LogP contribution >= 0.6 is 0 Å². The molecule has 3 heterocycles. The van der Waals surface area contributed by atoms with Crippen molar-refractivity contribution in [3.8, 4) is 0 Å². The minimum Gasteiger partial charge on any atom is -0.379 e. The Kier molecular flexibility index (Phi) is 1.92. The van der Waals surface area contributed by atoms with Crippen LogP contribution in [0.15, 0.2) is 12.4 Å². The van der Waals surface area contributed by atoms with E-state index in [1.54, 1.807) is 12.4 Å². The van der Waals surface area contributed by atoms with Crippen LogP contribution in [0.5, 0.6) is 0 Å². The lowest BCUT2D eigenvalue weighted by atomic mass is 10.3. The number of rotatable bonds is 1. The summed E-state index contributed by atoms with van der Waals surface area (Å²) in [5.41, 5.74) is 2.64. The van der Waals surface area contributed by atoms with Crippen molar-refractivity contribution in [1.82, 2.24) is 19.7 Å². The van der Waals surface area contributed by atoms with Gasteiger partial charge in [-0.2, -0.15) is 5.10 Å². The normalized spacial score (nSPS) is 21.3. The molecule has 0 aliphatic carbocycles. The van der Waals surface area contributed by atoms with Crippen molar-refractivity contribution in [3.63, 3.8) is 0 Å². The Bertz CT molecular complexity index is 487. The topological polar surface area (TPSA) is 52.8 Å². The highest BCUT2D eigenvalue weighted by Crippen LogP contribution is 2.21. The van der Waals surface area contributed by atoms with E-state index in [0.717, 1.165) is 36.5 Å². The van der Waals surface area contributed by atoms with E-state index >= 15 is 0 Å². The molecule has 1 unspecified atom stereocenters. The number of aryl methyl sites for hydroxylation is 1. The summed E-state index contributed by atoms with van der Waals surface area (Å²) < 4.78 is 7.28. The molecule has 1 fully saturated rings. The summed E-state index contributed by atoms with van der Waals surface area (Å²) in [6.07, 6.45) is 4.53. The van der Waals surface area contributed by atoms with Gasteiger partial charge >= 0.3 is 0 Å². The van der Waals surface area contributed by atoms with Crippen molar-refractivity contribution in [2.75, 3.05) is 13.2 Å². The standard InChI is InChI=1S/C10H12N4O/c1-7-4-11-9-5-12-14(10(9)13-7)8-2-3-15-6-8/h4-5,8H,2-3,6H2,1H3. The molecule has 0 amide bonds. The summed E-state index contributed by atoms with van der Waals surface area (Å²) >= 11 is 0. The number of fused-ring (bicyclic) bond motifs is 1. The largest absolute Gasteiger partial charge is 0.379 e. The number of ether oxygens (including phenoxy) is 1. The first-order valence-electron chi connectivity index (χ1n) is 5.09. The van der Waals surface area contributed by atoms with Crippen LogP contribution in [0.2, 0.25) is 0 Å². The first kappa shape index (κ1) is 8.79. The van der Waals surface area contributed by atoms with Crippen molar-refractivity contribution >= 4 is 11.2 Å². The summed E-state index contributed by atoms with van der Waals surface area (Å²) in [6.45, 7) is 3.48. The van der Waals surface area contributed by atoms with Gasteiger partial charge < -0.3 is 4.74 Å². The van der Waals surface area contributed by atoms with Crippen LogP contribution in [0.1, 0.15) is 18.2 Å². The summed E-state index contributed by atoms with van der Waals surface area (Å²) in [5.74, 6) is 0. The molecule has 1 aliphatic rings. The highest BCUT2D eigenvalue weighted by molar-refractivity contribution is 5.69. The third-order valence-electron chi connectivity index (χ3n) is 2.67. The Morgan fingerprint density at radius 1 is 1.47 bits per heavy atom. The van der Waals surface area contributed by atoms with Crippen LogP contribution in [-0.2, 0) is 4.74 Å². The van der Waals surface area contributed by atoms with Gasteiger partial charge in [-0.3, -0.25) is 0 Å². The zero-order chi connectivity index (χ0) is 10.3. The molecule has 78 valence electrons. The highest BCUT2D eigenvalue weighted by Gasteiger charge is 2.20. The molecule has 0 spiro atoms. The molecule has 0 saturated carbocycles. The predicted octanol–water partition coefficient (Wildman–Crippen LogP) is 1.10. The fourth-order valence-electron chi connectivity index (χ4n) is 1.89. The fraction of sp³-hybridized carbons (Fsp3) is 0.500.